The minimum absolute atomic E-state index is 0.00455. The zero-order chi connectivity index (χ0) is 48.9. The maximum atomic E-state index is 13.4. The summed E-state index contributed by atoms with van der Waals surface area (Å²) in [7, 11) is 0. The predicted octanol–water partition coefficient (Wildman–Crippen LogP) is 4.04. The summed E-state index contributed by atoms with van der Waals surface area (Å²) in [5.74, 6) is -0.858. The average Bonchev–Trinajstić information content (AvgIpc) is 3.61. The van der Waals surface area contributed by atoms with E-state index in [1.54, 1.807) is 31.4 Å². The molecule has 17 heteroatoms. The molecule has 0 saturated carbocycles. The number of nitrogens with zero attached hydrogens (tertiary/aromatic N) is 3. The number of aryl methyl sites for hydroxylation is 2. The molecule has 1 aromatic heterocycles. The summed E-state index contributed by atoms with van der Waals surface area (Å²) >= 11 is 1.24. The molecule has 6 N–H and O–H groups in total. The smallest absolute Gasteiger partial charge is 0.253 e. The van der Waals surface area contributed by atoms with Gasteiger partial charge in [-0.25, -0.2) is 4.57 Å². The fourth-order valence-corrected chi connectivity index (χ4v) is 9.65. The van der Waals surface area contributed by atoms with Crippen molar-refractivity contribution in [2.24, 2.45) is 11.7 Å². The van der Waals surface area contributed by atoms with Crippen LogP contribution in [0.5, 0.6) is 5.75 Å². The molecule has 0 bridgehead atoms. The second kappa shape index (κ2) is 24.8. The zero-order valence-corrected chi connectivity index (χ0v) is 40.0. The van der Waals surface area contributed by atoms with Crippen LogP contribution in [0.2, 0.25) is 0 Å². The fourth-order valence-electron chi connectivity index (χ4n) is 9.02. The molecule has 6 atom stereocenters. The lowest BCUT2D eigenvalue weighted by Crippen LogP contribution is -2.54. The minimum Gasteiger partial charge on any atom is -0.460 e. The SMILES string of the molecule is CSC1CC(=O)N(C(CN)C(=O)CCCC(=O)Nc2cc(C[n+]3cccc(/C=C/C(=O)CCCCCC4CCN(C(=O)c5cccc(C)c5)CC4)c3)cc(C)c2OC2OCC(O)[C@H](O)[C@@H]2O)C1=O. The number of allylic oxidation sites excluding steroid dienone is 1. The molecule has 6 rings (SSSR count). The van der Waals surface area contributed by atoms with Crippen LogP contribution in [-0.2, 0) is 35.3 Å². The summed E-state index contributed by atoms with van der Waals surface area (Å²) in [6.07, 6.45) is 9.40. The van der Waals surface area contributed by atoms with Crippen LogP contribution in [0.1, 0.15) is 103 Å². The molecule has 0 aliphatic carbocycles. The number of ketones is 2. The number of imide groups is 1. The van der Waals surface area contributed by atoms with E-state index in [-0.39, 0.29) is 62.0 Å². The number of benzene rings is 2. The Morgan fingerprint density at radius 2 is 1.75 bits per heavy atom. The van der Waals surface area contributed by atoms with Gasteiger partial charge < -0.3 is 40.7 Å². The van der Waals surface area contributed by atoms with E-state index in [0.29, 0.717) is 24.4 Å². The van der Waals surface area contributed by atoms with Crippen molar-refractivity contribution in [3.63, 3.8) is 0 Å². The number of aromatic nitrogens is 1. The van der Waals surface area contributed by atoms with E-state index >= 15 is 0 Å². The van der Waals surface area contributed by atoms with Crippen molar-refractivity contribution in [2.45, 2.75) is 127 Å². The Bertz CT molecular complexity index is 2320. The number of piperidine rings is 1. The molecule has 3 aliphatic heterocycles. The lowest BCUT2D eigenvalue weighted by atomic mass is 9.90. The number of pyridine rings is 1. The third-order valence-electron chi connectivity index (χ3n) is 12.9. The van der Waals surface area contributed by atoms with Gasteiger partial charge >= 0.3 is 0 Å². The molecule has 3 aliphatic rings. The molecular formula is C51H66N5O11S+. The number of thioether (sulfide) groups is 1. The number of unbranched alkanes of at least 4 members (excludes halogenated alkanes) is 2. The molecule has 68 heavy (non-hydrogen) atoms. The maximum absolute atomic E-state index is 13.4. The fraction of sp³-hybridized carbons (Fsp3) is 0.510. The molecule has 4 unspecified atom stereocenters. The largest absolute Gasteiger partial charge is 0.460 e. The molecule has 16 nitrogen and oxygen atoms in total. The van der Waals surface area contributed by atoms with E-state index < -0.39 is 59.4 Å². The van der Waals surface area contributed by atoms with Gasteiger partial charge in [0.15, 0.2) is 30.5 Å². The number of aliphatic hydroxyl groups is 3. The van der Waals surface area contributed by atoms with E-state index in [4.69, 9.17) is 15.2 Å². The number of amides is 4. The zero-order valence-electron chi connectivity index (χ0n) is 39.2. The highest BCUT2D eigenvalue weighted by atomic mass is 32.2. The second-order valence-corrected chi connectivity index (χ2v) is 19.2. The average molecular weight is 957 g/mol. The molecule has 4 heterocycles. The van der Waals surface area contributed by atoms with Crippen molar-refractivity contribution in [3.05, 3.63) is 94.8 Å². The van der Waals surface area contributed by atoms with E-state index in [2.05, 4.69) is 5.32 Å². The summed E-state index contributed by atoms with van der Waals surface area (Å²) in [5.41, 5.74) is 10.1. The van der Waals surface area contributed by atoms with Gasteiger partial charge in [-0.2, -0.15) is 11.8 Å². The number of likely N-dealkylation sites (tertiary alicyclic amines) is 2. The molecule has 3 aromatic rings. The number of aliphatic hydroxyl groups excluding tert-OH is 3. The van der Waals surface area contributed by atoms with Gasteiger partial charge in [0.05, 0.1) is 17.5 Å². The van der Waals surface area contributed by atoms with Crippen LogP contribution >= 0.6 is 11.8 Å². The van der Waals surface area contributed by atoms with E-state index in [1.165, 1.54) is 11.8 Å². The van der Waals surface area contributed by atoms with E-state index in [9.17, 15) is 44.1 Å². The number of hydrogen-bond donors (Lipinski definition) is 5. The molecule has 3 saturated heterocycles. The molecule has 366 valence electrons. The summed E-state index contributed by atoms with van der Waals surface area (Å²) in [4.78, 5) is 80.7. The Labute approximate surface area is 402 Å². The highest BCUT2D eigenvalue weighted by Gasteiger charge is 2.44. The topological polar surface area (TPSA) is 230 Å². The standard InChI is InChI=1S/C51H65N5O11S/c1-32-10-7-13-37(24-32)49(64)55-22-19-34(20-23-55)11-5-4-6-14-38(57)18-17-35-12-9-21-54(29-35)30-36-25-33(2)48(67-51-47(63)46(62)42(59)31-66-51)39(26-36)53-44(60)16-8-15-41(58)40(28-52)56-45(61)27-43(68-3)50(56)65/h7,9-10,12-13,17-18,21,24-26,29,34,40,42-43,46-47,51,59,62-63H,4-6,8,11,14-16,19-20,22-23,27-28,30-31,52H2,1-3H3/p+1/b18-17+/t40?,42?,43?,46-,47-,51?/m0/s1. The van der Waals surface area contributed by atoms with Crippen molar-refractivity contribution in [1.82, 2.24) is 9.80 Å². The maximum Gasteiger partial charge on any atom is 0.253 e. The molecule has 3 fully saturated rings. The van der Waals surface area contributed by atoms with Crippen molar-refractivity contribution < 1.29 is 58.1 Å². The van der Waals surface area contributed by atoms with Gasteiger partial charge in [-0.1, -0.05) is 37.0 Å². The Hall–Kier alpha value is -5.30. The van der Waals surface area contributed by atoms with Crippen LogP contribution in [0.4, 0.5) is 5.69 Å². The summed E-state index contributed by atoms with van der Waals surface area (Å²) in [5, 5.41) is 33.2. The molecule has 2 aromatic carbocycles. The number of nitrogens with two attached hydrogens (primary N) is 1. The molecule has 0 spiro atoms. The van der Waals surface area contributed by atoms with Gasteiger partial charge in [-0.3, -0.25) is 33.7 Å². The lowest BCUT2D eigenvalue weighted by molar-refractivity contribution is -0.688. The van der Waals surface area contributed by atoms with Crippen LogP contribution in [0.3, 0.4) is 0 Å². The first kappa shape index (κ1) is 52.1. The summed E-state index contributed by atoms with van der Waals surface area (Å²) in [6.45, 7) is 5.14. The predicted molar refractivity (Wildman–Crippen MR) is 256 cm³/mol. The van der Waals surface area contributed by atoms with Gasteiger partial charge in [0.25, 0.3) is 5.91 Å². The quantitative estimate of drug-likeness (QED) is 0.0415. The number of carbonyl (C=O) groups is 6. The van der Waals surface area contributed by atoms with E-state index in [1.807, 2.05) is 71.2 Å². The third kappa shape index (κ3) is 13.9. The van der Waals surface area contributed by atoms with Crippen LogP contribution in [0.25, 0.3) is 6.08 Å². The molecule has 4 amide bonds. The normalized spacial score (nSPS) is 21.6. The number of hydrogen-bond acceptors (Lipinski definition) is 13. The second-order valence-electron chi connectivity index (χ2n) is 18.1. The lowest BCUT2D eigenvalue weighted by Gasteiger charge is -2.35. The van der Waals surface area contributed by atoms with Gasteiger partial charge in [-0.05, 0) is 99.8 Å². The molecule has 0 radical (unpaired) electrons. The highest BCUT2D eigenvalue weighted by molar-refractivity contribution is 8.00. The first-order chi connectivity index (χ1) is 32.6. The van der Waals surface area contributed by atoms with Gasteiger partial charge in [0.2, 0.25) is 24.0 Å². The number of carbonyl (C=O) groups excluding carboxylic acids is 6. The molecular weight excluding hydrogens is 891 g/mol. The summed E-state index contributed by atoms with van der Waals surface area (Å²) < 4.78 is 13.5. The van der Waals surface area contributed by atoms with Crippen LogP contribution in [0, 0.1) is 19.8 Å². The summed E-state index contributed by atoms with van der Waals surface area (Å²) in [6, 6.07) is 14.0. The Morgan fingerprint density at radius 1 is 0.971 bits per heavy atom. The van der Waals surface area contributed by atoms with Gasteiger partial charge in [0, 0.05) is 68.1 Å². The van der Waals surface area contributed by atoms with Crippen molar-refractivity contribution in [2.75, 3.05) is 37.8 Å². The van der Waals surface area contributed by atoms with Crippen LogP contribution in [-0.4, -0.2) is 129 Å². The number of nitrogens with one attached hydrogen (secondary N) is 1. The number of Topliss-reactive ketones (excluding diaryl/α,β-unsaturated/α-hetero) is 1. The Balaban J connectivity index is 1.01. The Morgan fingerprint density at radius 3 is 2.47 bits per heavy atom. The first-order valence-electron chi connectivity index (χ1n) is 23.6. The highest BCUT2D eigenvalue weighted by Crippen LogP contribution is 2.34. The van der Waals surface area contributed by atoms with E-state index in [0.717, 1.165) is 78.8 Å². The van der Waals surface area contributed by atoms with Crippen LogP contribution < -0.4 is 20.4 Å². The number of rotatable bonds is 22. The number of anilines is 1. The monoisotopic (exact) mass is 956 g/mol. The first-order valence-corrected chi connectivity index (χ1v) is 24.9. The van der Waals surface area contributed by atoms with Crippen molar-refractivity contribution in [3.8, 4) is 5.75 Å². The third-order valence-corrected chi connectivity index (χ3v) is 13.8. The minimum atomic E-state index is -1.59. The Kier molecular flexibility index (Phi) is 19.0. The number of ether oxygens (including phenoxy) is 2. The van der Waals surface area contributed by atoms with Gasteiger partial charge in [0.1, 0.15) is 30.1 Å². The van der Waals surface area contributed by atoms with Gasteiger partial charge in [-0.15, -0.1) is 0 Å². The van der Waals surface area contributed by atoms with Crippen molar-refractivity contribution in [1.29, 1.82) is 0 Å². The van der Waals surface area contributed by atoms with Crippen LogP contribution in [0.15, 0.2) is 67.0 Å². The van der Waals surface area contributed by atoms with Crippen molar-refractivity contribution >= 4 is 58.7 Å².